The molecular weight excluding hydrogens is 341 g/mol. The van der Waals surface area contributed by atoms with E-state index in [2.05, 4.69) is 5.32 Å². The Morgan fingerprint density at radius 2 is 1.92 bits per heavy atom. The van der Waals surface area contributed by atoms with Crippen LogP contribution in [-0.4, -0.2) is 66.9 Å². The van der Waals surface area contributed by atoms with Crippen molar-refractivity contribution in [3.05, 3.63) is 35.6 Å². The summed E-state index contributed by atoms with van der Waals surface area (Å²) in [5.41, 5.74) is 0.741. The Bertz CT molecular complexity index is 650. The van der Waals surface area contributed by atoms with E-state index in [9.17, 15) is 18.8 Å². The molecule has 7 nitrogen and oxygen atoms in total. The van der Waals surface area contributed by atoms with E-state index in [1.165, 1.54) is 29.0 Å². The highest BCUT2D eigenvalue weighted by atomic mass is 19.1. The number of hydrogen-bond acceptors (Lipinski definition) is 4. The Balaban J connectivity index is 1.99. The zero-order chi connectivity index (χ0) is 19.1. The number of carbonyl (C=O) groups excluding carboxylic acids is 3. The first-order valence-corrected chi connectivity index (χ1v) is 8.58. The van der Waals surface area contributed by atoms with Gasteiger partial charge in [-0.3, -0.25) is 14.4 Å². The molecule has 0 bridgehead atoms. The van der Waals surface area contributed by atoms with Crippen molar-refractivity contribution >= 4 is 17.7 Å². The molecule has 26 heavy (non-hydrogen) atoms. The number of hydrogen-bond donors (Lipinski definition) is 1. The third kappa shape index (κ3) is 4.78. The number of rotatable bonds is 8. The van der Waals surface area contributed by atoms with Gasteiger partial charge in [-0.2, -0.15) is 0 Å². The SMILES string of the molecule is CCC(C(=O)NCCOC)N1CCN(Cc2ccc(F)cc2)C(=O)C1=O. The highest BCUT2D eigenvalue weighted by molar-refractivity contribution is 6.35. The molecule has 1 aromatic rings. The van der Waals surface area contributed by atoms with Gasteiger partial charge in [0, 0.05) is 33.3 Å². The van der Waals surface area contributed by atoms with Crippen molar-refractivity contribution in [2.24, 2.45) is 0 Å². The van der Waals surface area contributed by atoms with Crippen LogP contribution in [0.1, 0.15) is 18.9 Å². The van der Waals surface area contributed by atoms with Gasteiger partial charge >= 0.3 is 11.8 Å². The van der Waals surface area contributed by atoms with Crippen molar-refractivity contribution in [1.29, 1.82) is 0 Å². The Hall–Kier alpha value is -2.48. The minimum absolute atomic E-state index is 0.232. The van der Waals surface area contributed by atoms with Crippen molar-refractivity contribution in [2.45, 2.75) is 25.9 Å². The molecule has 2 rings (SSSR count). The summed E-state index contributed by atoms with van der Waals surface area (Å²) in [6.45, 7) is 3.35. The molecule has 1 aliphatic rings. The highest BCUT2D eigenvalue weighted by Gasteiger charge is 2.38. The molecule has 3 amide bonds. The number of nitrogens with zero attached hydrogens (tertiary/aromatic N) is 2. The maximum Gasteiger partial charge on any atom is 0.312 e. The van der Waals surface area contributed by atoms with Crippen molar-refractivity contribution < 1.29 is 23.5 Å². The van der Waals surface area contributed by atoms with Crippen LogP contribution in [0.15, 0.2) is 24.3 Å². The largest absolute Gasteiger partial charge is 0.383 e. The van der Waals surface area contributed by atoms with Gasteiger partial charge in [0.1, 0.15) is 11.9 Å². The Labute approximate surface area is 152 Å². The third-order valence-electron chi connectivity index (χ3n) is 4.30. The second kappa shape index (κ2) is 9.28. The van der Waals surface area contributed by atoms with E-state index in [0.717, 1.165) is 5.56 Å². The van der Waals surface area contributed by atoms with Gasteiger partial charge in [-0.05, 0) is 24.1 Å². The van der Waals surface area contributed by atoms with Crippen LogP contribution in [0.2, 0.25) is 0 Å². The minimum atomic E-state index is -0.688. The molecule has 1 aromatic carbocycles. The number of nitrogens with one attached hydrogen (secondary N) is 1. The van der Waals surface area contributed by atoms with Gasteiger partial charge in [0.25, 0.3) is 0 Å². The molecule has 1 unspecified atom stereocenters. The molecule has 0 saturated carbocycles. The predicted molar refractivity (Wildman–Crippen MR) is 92.5 cm³/mol. The van der Waals surface area contributed by atoms with Crippen LogP contribution >= 0.6 is 0 Å². The van der Waals surface area contributed by atoms with E-state index in [1.54, 1.807) is 19.1 Å². The fourth-order valence-corrected chi connectivity index (χ4v) is 2.89. The molecule has 8 heteroatoms. The summed E-state index contributed by atoms with van der Waals surface area (Å²) >= 11 is 0. The van der Waals surface area contributed by atoms with Crippen LogP contribution in [0, 0.1) is 5.82 Å². The fraction of sp³-hybridized carbons (Fsp3) is 0.500. The first-order chi connectivity index (χ1) is 12.5. The van der Waals surface area contributed by atoms with E-state index in [-0.39, 0.29) is 24.8 Å². The third-order valence-corrected chi connectivity index (χ3v) is 4.30. The zero-order valence-electron chi connectivity index (χ0n) is 15.0. The second-order valence-electron chi connectivity index (χ2n) is 6.06. The average molecular weight is 365 g/mol. The number of amides is 3. The van der Waals surface area contributed by atoms with Crippen LogP contribution in [0.3, 0.4) is 0 Å². The molecule has 142 valence electrons. The fourth-order valence-electron chi connectivity index (χ4n) is 2.89. The summed E-state index contributed by atoms with van der Waals surface area (Å²) in [5, 5.41) is 2.71. The number of methoxy groups -OCH3 is 1. The number of halogens is 1. The molecule has 0 aliphatic carbocycles. The van der Waals surface area contributed by atoms with Crippen LogP contribution in [0.5, 0.6) is 0 Å². The van der Waals surface area contributed by atoms with Crippen molar-refractivity contribution in [2.75, 3.05) is 33.4 Å². The lowest BCUT2D eigenvalue weighted by molar-refractivity contribution is -0.159. The topological polar surface area (TPSA) is 79.0 Å². The molecule has 0 aromatic heterocycles. The molecule has 1 atom stereocenters. The lowest BCUT2D eigenvalue weighted by Gasteiger charge is -2.37. The van der Waals surface area contributed by atoms with Crippen molar-refractivity contribution in [1.82, 2.24) is 15.1 Å². The Morgan fingerprint density at radius 1 is 1.23 bits per heavy atom. The smallest absolute Gasteiger partial charge is 0.312 e. The van der Waals surface area contributed by atoms with E-state index in [0.29, 0.717) is 26.1 Å². The summed E-state index contributed by atoms with van der Waals surface area (Å²) in [6.07, 6.45) is 0.412. The van der Waals surface area contributed by atoms with Crippen molar-refractivity contribution in [3.63, 3.8) is 0 Å². The highest BCUT2D eigenvalue weighted by Crippen LogP contribution is 2.15. The second-order valence-corrected chi connectivity index (χ2v) is 6.06. The lowest BCUT2D eigenvalue weighted by Crippen LogP contribution is -2.60. The van der Waals surface area contributed by atoms with Gasteiger partial charge in [-0.25, -0.2) is 4.39 Å². The van der Waals surface area contributed by atoms with E-state index < -0.39 is 17.9 Å². The summed E-state index contributed by atoms with van der Waals surface area (Å²) in [7, 11) is 1.53. The molecule has 1 fully saturated rings. The van der Waals surface area contributed by atoms with Crippen LogP contribution in [-0.2, 0) is 25.7 Å². The monoisotopic (exact) mass is 365 g/mol. The van der Waals surface area contributed by atoms with Gasteiger partial charge in [-0.1, -0.05) is 19.1 Å². The Morgan fingerprint density at radius 3 is 2.54 bits per heavy atom. The van der Waals surface area contributed by atoms with Gasteiger partial charge in [0.2, 0.25) is 5.91 Å². The van der Waals surface area contributed by atoms with Crippen LogP contribution in [0.4, 0.5) is 4.39 Å². The number of piperazine rings is 1. The van der Waals surface area contributed by atoms with E-state index >= 15 is 0 Å². The van der Waals surface area contributed by atoms with Crippen LogP contribution < -0.4 is 5.32 Å². The minimum Gasteiger partial charge on any atom is -0.383 e. The molecular formula is C18H24FN3O4. The maximum atomic E-state index is 13.0. The molecule has 1 heterocycles. The average Bonchev–Trinajstić information content (AvgIpc) is 2.63. The lowest BCUT2D eigenvalue weighted by atomic mass is 10.1. The summed E-state index contributed by atoms with van der Waals surface area (Å²) in [4.78, 5) is 39.9. The molecule has 1 saturated heterocycles. The summed E-state index contributed by atoms with van der Waals surface area (Å²) in [5.74, 6) is -1.99. The predicted octanol–water partition coefficient (Wildman–Crippen LogP) is 0.538. The first-order valence-electron chi connectivity index (χ1n) is 8.58. The van der Waals surface area contributed by atoms with Gasteiger partial charge in [0.15, 0.2) is 0 Å². The standard InChI is InChI=1S/C18H24FN3O4/c1-3-15(16(23)20-8-11-26-2)22-10-9-21(17(24)18(22)25)12-13-4-6-14(19)7-5-13/h4-7,15H,3,8-12H2,1-2H3,(H,20,23). The maximum absolute atomic E-state index is 13.0. The van der Waals surface area contributed by atoms with Gasteiger partial charge in [0.05, 0.1) is 6.61 Å². The quantitative estimate of drug-likeness (QED) is 0.539. The Kier molecular flexibility index (Phi) is 7.08. The summed E-state index contributed by atoms with van der Waals surface area (Å²) in [6, 6.07) is 5.11. The van der Waals surface area contributed by atoms with E-state index in [4.69, 9.17) is 4.74 Å². The summed E-state index contributed by atoms with van der Waals surface area (Å²) < 4.78 is 17.9. The van der Waals surface area contributed by atoms with Crippen LogP contribution in [0.25, 0.3) is 0 Å². The first kappa shape index (κ1) is 19.8. The molecule has 1 aliphatic heterocycles. The van der Waals surface area contributed by atoms with E-state index in [1.807, 2.05) is 0 Å². The number of benzene rings is 1. The molecule has 0 spiro atoms. The zero-order valence-corrected chi connectivity index (χ0v) is 15.0. The normalized spacial score (nSPS) is 16.0. The molecule has 1 N–H and O–H groups in total. The van der Waals surface area contributed by atoms with Gasteiger partial charge in [-0.15, -0.1) is 0 Å². The number of carbonyl (C=O) groups is 3. The van der Waals surface area contributed by atoms with Gasteiger partial charge < -0.3 is 19.9 Å². The number of ether oxygens (including phenoxy) is 1. The molecule has 0 radical (unpaired) electrons. The van der Waals surface area contributed by atoms with Crippen molar-refractivity contribution in [3.8, 4) is 0 Å².